The van der Waals surface area contributed by atoms with Crippen molar-refractivity contribution in [3.63, 3.8) is 0 Å². The summed E-state index contributed by atoms with van der Waals surface area (Å²) in [6.07, 6.45) is 2.85. The number of ether oxygens (including phenoxy) is 1. The third kappa shape index (κ3) is 4.77. The maximum absolute atomic E-state index is 13.3. The van der Waals surface area contributed by atoms with Crippen LogP contribution in [0.3, 0.4) is 0 Å². The number of aliphatic hydroxyl groups is 1. The van der Waals surface area contributed by atoms with Crippen molar-refractivity contribution >= 4 is 5.97 Å². The van der Waals surface area contributed by atoms with Gasteiger partial charge in [0.2, 0.25) is 0 Å². The van der Waals surface area contributed by atoms with Gasteiger partial charge in [-0.1, -0.05) is 12.1 Å². The lowest BCUT2D eigenvalue weighted by molar-refractivity contribution is -0.147. The van der Waals surface area contributed by atoms with Crippen molar-refractivity contribution in [1.82, 2.24) is 5.32 Å². The molecule has 1 aliphatic carbocycles. The Labute approximate surface area is 143 Å². The Morgan fingerprint density at radius 1 is 1.38 bits per heavy atom. The van der Waals surface area contributed by atoms with Crippen LogP contribution in [0.2, 0.25) is 0 Å². The predicted octanol–water partition coefficient (Wildman–Crippen LogP) is 3.21. The molecule has 0 saturated heterocycles. The first kappa shape index (κ1) is 18.9. The van der Waals surface area contributed by atoms with Crippen molar-refractivity contribution in [3.05, 3.63) is 35.6 Å². The third-order valence-electron chi connectivity index (χ3n) is 5.27. The van der Waals surface area contributed by atoms with Crippen molar-refractivity contribution in [2.75, 3.05) is 13.7 Å². The second-order valence-electron chi connectivity index (χ2n) is 7.25. The van der Waals surface area contributed by atoms with Crippen molar-refractivity contribution in [3.8, 4) is 0 Å². The number of esters is 1. The Hall–Kier alpha value is -1.46. The number of methoxy groups -OCH3 is 1. The first-order valence-corrected chi connectivity index (χ1v) is 8.60. The summed E-state index contributed by atoms with van der Waals surface area (Å²) in [4.78, 5) is 11.6. The van der Waals surface area contributed by atoms with E-state index in [2.05, 4.69) is 19.2 Å². The van der Waals surface area contributed by atoms with E-state index in [9.17, 15) is 14.3 Å². The molecule has 1 unspecified atom stereocenters. The lowest BCUT2D eigenvalue weighted by Gasteiger charge is -2.40. The largest absolute Gasteiger partial charge is 0.469 e. The zero-order valence-corrected chi connectivity index (χ0v) is 14.7. The Kier molecular flexibility index (Phi) is 6.35. The van der Waals surface area contributed by atoms with Crippen molar-refractivity contribution in [2.24, 2.45) is 11.8 Å². The summed E-state index contributed by atoms with van der Waals surface area (Å²) in [6, 6.07) is 6.06. The van der Waals surface area contributed by atoms with Crippen molar-refractivity contribution in [1.29, 1.82) is 0 Å². The number of halogens is 1. The summed E-state index contributed by atoms with van der Waals surface area (Å²) >= 11 is 0. The molecule has 0 heterocycles. The van der Waals surface area contributed by atoms with Gasteiger partial charge in [0.05, 0.1) is 19.1 Å². The molecule has 1 fully saturated rings. The number of aliphatic hydroxyl groups excluding tert-OH is 1. The summed E-state index contributed by atoms with van der Waals surface area (Å²) in [5, 5.41) is 13.7. The highest BCUT2D eigenvalue weighted by molar-refractivity contribution is 5.72. The van der Waals surface area contributed by atoms with Gasteiger partial charge in [0.1, 0.15) is 5.82 Å². The van der Waals surface area contributed by atoms with E-state index in [4.69, 9.17) is 4.74 Å². The van der Waals surface area contributed by atoms with E-state index in [-0.39, 0.29) is 23.2 Å². The fraction of sp³-hybridized carbons (Fsp3) is 0.632. The van der Waals surface area contributed by atoms with Gasteiger partial charge >= 0.3 is 5.97 Å². The van der Waals surface area contributed by atoms with Gasteiger partial charge in [-0.25, -0.2) is 4.39 Å². The standard InChI is InChI=1S/C19H28FNO3/c1-19(2,15-9-7-13(8-10-15)18(23)24-3)21-12-17(22)14-5-4-6-16(20)11-14/h4-6,11,13,15,17,21-22H,7-10,12H2,1-3H3. The van der Waals surface area contributed by atoms with Crippen LogP contribution >= 0.6 is 0 Å². The fourth-order valence-corrected chi connectivity index (χ4v) is 3.55. The van der Waals surface area contributed by atoms with Gasteiger partial charge in [0.15, 0.2) is 0 Å². The molecule has 0 spiro atoms. The number of hydrogen-bond donors (Lipinski definition) is 2. The van der Waals surface area contributed by atoms with E-state index < -0.39 is 6.10 Å². The van der Waals surface area contributed by atoms with Crippen LogP contribution in [0.15, 0.2) is 24.3 Å². The minimum Gasteiger partial charge on any atom is -0.469 e. The smallest absolute Gasteiger partial charge is 0.308 e. The Morgan fingerprint density at radius 3 is 2.62 bits per heavy atom. The molecule has 0 radical (unpaired) electrons. The second kappa shape index (κ2) is 8.08. The predicted molar refractivity (Wildman–Crippen MR) is 90.9 cm³/mol. The van der Waals surface area contributed by atoms with Crippen molar-refractivity contribution in [2.45, 2.75) is 51.2 Å². The van der Waals surface area contributed by atoms with Gasteiger partial charge in [-0.3, -0.25) is 4.79 Å². The molecule has 2 N–H and O–H groups in total. The Balaban J connectivity index is 1.86. The van der Waals surface area contributed by atoms with Gasteiger partial charge in [-0.05, 0) is 63.1 Å². The highest BCUT2D eigenvalue weighted by Crippen LogP contribution is 2.36. The van der Waals surface area contributed by atoms with Crippen LogP contribution in [0.5, 0.6) is 0 Å². The number of β-amino-alcohol motifs (C(OH)–C–C–N with tert-alkyl or cyclic N) is 1. The zero-order chi connectivity index (χ0) is 17.7. The van der Waals surface area contributed by atoms with Crippen LogP contribution < -0.4 is 5.32 Å². The quantitative estimate of drug-likeness (QED) is 0.783. The minimum atomic E-state index is -0.744. The summed E-state index contributed by atoms with van der Waals surface area (Å²) in [5.74, 6) is -0.00858. The van der Waals surface area contributed by atoms with Gasteiger partial charge in [-0.15, -0.1) is 0 Å². The lowest BCUT2D eigenvalue weighted by Crippen LogP contribution is -2.49. The van der Waals surface area contributed by atoms with Crippen molar-refractivity contribution < 1.29 is 19.0 Å². The molecule has 1 atom stereocenters. The molecule has 0 aromatic heterocycles. The van der Waals surface area contributed by atoms with E-state index in [0.717, 1.165) is 25.7 Å². The monoisotopic (exact) mass is 337 g/mol. The van der Waals surface area contributed by atoms with Crippen LogP contribution in [0, 0.1) is 17.7 Å². The molecular formula is C19H28FNO3. The molecule has 1 saturated carbocycles. The average Bonchev–Trinajstić information content (AvgIpc) is 2.59. The number of carbonyl (C=O) groups excluding carboxylic acids is 1. The highest BCUT2D eigenvalue weighted by atomic mass is 19.1. The first-order valence-electron chi connectivity index (χ1n) is 8.60. The third-order valence-corrected chi connectivity index (χ3v) is 5.27. The molecule has 4 nitrogen and oxygen atoms in total. The molecule has 24 heavy (non-hydrogen) atoms. The molecule has 0 aliphatic heterocycles. The molecule has 0 bridgehead atoms. The van der Waals surface area contributed by atoms with E-state index in [0.29, 0.717) is 18.0 Å². The summed E-state index contributed by atoms with van der Waals surface area (Å²) < 4.78 is 18.1. The highest BCUT2D eigenvalue weighted by Gasteiger charge is 2.35. The van der Waals surface area contributed by atoms with E-state index >= 15 is 0 Å². The SMILES string of the molecule is COC(=O)C1CCC(C(C)(C)NCC(O)c2cccc(F)c2)CC1. The molecule has 5 heteroatoms. The molecule has 1 aliphatic rings. The lowest BCUT2D eigenvalue weighted by atomic mass is 9.73. The van der Waals surface area contributed by atoms with E-state index in [1.165, 1.54) is 19.2 Å². The summed E-state index contributed by atoms with van der Waals surface area (Å²) in [6.45, 7) is 4.61. The molecule has 134 valence electrons. The first-order chi connectivity index (χ1) is 11.3. The van der Waals surface area contributed by atoms with Crippen LogP contribution in [-0.4, -0.2) is 30.3 Å². The number of benzene rings is 1. The fourth-order valence-electron chi connectivity index (χ4n) is 3.55. The molecule has 2 rings (SSSR count). The molecule has 1 aromatic carbocycles. The topological polar surface area (TPSA) is 58.6 Å². The summed E-state index contributed by atoms with van der Waals surface area (Å²) in [5.41, 5.74) is 0.419. The normalized spacial score (nSPS) is 22.9. The van der Waals surface area contributed by atoms with Crippen LogP contribution in [0.4, 0.5) is 4.39 Å². The van der Waals surface area contributed by atoms with Gasteiger partial charge in [0, 0.05) is 12.1 Å². The minimum absolute atomic E-state index is 0.0138. The number of nitrogens with one attached hydrogen (secondary N) is 1. The number of carbonyl (C=O) groups is 1. The molecule has 1 aromatic rings. The Bertz CT molecular complexity index is 553. The molecular weight excluding hydrogens is 309 g/mol. The second-order valence-corrected chi connectivity index (χ2v) is 7.25. The van der Waals surface area contributed by atoms with Gasteiger partial charge < -0.3 is 15.2 Å². The van der Waals surface area contributed by atoms with E-state index in [1.807, 2.05) is 0 Å². The maximum Gasteiger partial charge on any atom is 0.308 e. The Morgan fingerprint density at radius 2 is 2.04 bits per heavy atom. The van der Waals surface area contributed by atoms with Crippen LogP contribution in [0.25, 0.3) is 0 Å². The van der Waals surface area contributed by atoms with Crippen LogP contribution in [-0.2, 0) is 9.53 Å². The average molecular weight is 337 g/mol. The van der Waals surface area contributed by atoms with Crippen LogP contribution in [0.1, 0.15) is 51.2 Å². The van der Waals surface area contributed by atoms with Gasteiger partial charge in [0.25, 0.3) is 0 Å². The van der Waals surface area contributed by atoms with E-state index in [1.54, 1.807) is 12.1 Å². The maximum atomic E-state index is 13.3. The molecule has 0 amide bonds. The number of rotatable bonds is 6. The van der Waals surface area contributed by atoms with Gasteiger partial charge in [-0.2, -0.15) is 0 Å². The number of hydrogen-bond acceptors (Lipinski definition) is 4. The zero-order valence-electron chi connectivity index (χ0n) is 14.7. The summed E-state index contributed by atoms with van der Waals surface area (Å²) in [7, 11) is 1.44.